The van der Waals surface area contributed by atoms with E-state index in [0.717, 1.165) is 0 Å². The maximum Gasteiger partial charge on any atom is 0.271 e. The van der Waals surface area contributed by atoms with Crippen LogP contribution in [-0.4, -0.2) is 30.8 Å². The van der Waals surface area contributed by atoms with Gasteiger partial charge in [-0.2, -0.15) is 0 Å². The lowest BCUT2D eigenvalue weighted by atomic mass is 9.98. The summed E-state index contributed by atoms with van der Waals surface area (Å²) in [6.07, 6.45) is 1.22. The molecule has 0 spiro atoms. The monoisotopic (exact) mass is 312 g/mol. The molecule has 0 aromatic heterocycles. The number of sulfone groups is 1. The van der Waals surface area contributed by atoms with E-state index < -0.39 is 14.8 Å². The minimum absolute atomic E-state index is 0.0484. The predicted octanol–water partition coefficient (Wildman–Crippen LogP) is 1.75. The minimum atomic E-state index is -2.93. The molecule has 1 heterocycles. The zero-order valence-corrected chi connectivity index (χ0v) is 12.1. The Morgan fingerprint density at radius 2 is 2.00 bits per heavy atom. The number of hydrogen-bond donors (Lipinski definition) is 1. The largest absolute Gasteiger partial charge is 0.326 e. The van der Waals surface area contributed by atoms with Gasteiger partial charge in [0.15, 0.2) is 0 Å². The molecule has 0 bridgehead atoms. The summed E-state index contributed by atoms with van der Waals surface area (Å²) in [5.41, 5.74) is 0.286. The van der Waals surface area contributed by atoms with Crippen LogP contribution in [0.3, 0.4) is 0 Å². The van der Waals surface area contributed by atoms with Crippen LogP contribution in [0.5, 0.6) is 0 Å². The second-order valence-corrected chi connectivity index (χ2v) is 7.46. The van der Waals surface area contributed by atoms with Gasteiger partial charge < -0.3 is 5.32 Å². The average Bonchev–Trinajstić information content (AvgIpc) is 2.41. The lowest BCUT2D eigenvalue weighted by molar-refractivity contribution is -0.384. The molecule has 1 aromatic rings. The first-order valence-corrected chi connectivity index (χ1v) is 8.42. The molecule has 7 nitrogen and oxygen atoms in total. The third-order valence-electron chi connectivity index (χ3n) is 3.49. The molecular weight excluding hydrogens is 296 g/mol. The third kappa shape index (κ3) is 4.52. The average molecular weight is 312 g/mol. The standard InChI is InChI=1S/C13H16N2O5S/c16-13(8-10-4-6-21(19,20)7-5-10)14-11-2-1-3-12(9-11)15(17)18/h1-3,9-10H,4-8H2,(H,14,16). The molecule has 0 saturated carbocycles. The Kier molecular flexibility index (Phi) is 4.56. The minimum Gasteiger partial charge on any atom is -0.326 e. The van der Waals surface area contributed by atoms with Crippen molar-refractivity contribution in [2.24, 2.45) is 5.92 Å². The van der Waals surface area contributed by atoms with Gasteiger partial charge in [-0.05, 0) is 24.8 Å². The van der Waals surface area contributed by atoms with Crippen LogP contribution in [0, 0.1) is 16.0 Å². The first-order valence-electron chi connectivity index (χ1n) is 6.60. The lowest BCUT2D eigenvalue weighted by Gasteiger charge is -2.21. The molecule has 1 aromatic carbocycles. The molecular formula is C13H16N2O5S. The fourth-order valence-corrected chi connectivity index (χ4v) is 3.90. The van der Waals surface area contributed by atoms with Gasteiger partial charge in [-0.1, -0.05) is 6.07 Å². The summed E-state index contributed by atoms with van der Waals surface area (Å²) in [5.74, 6) is 0.0516. The van der Waals surface area contributed by atoms with E-state index in [1.807, 2.05) is 0 Å². The summed E-state index contributed by atoms with van der Waals surface area (Å²) in [5, 5.41) is 13.3. The fourth-order valence-electron chi connectivity index (χ4n) is 2.31. The lowest BCUT2D eigenvalue weighted by Crippen LogP contribution is -2.26. The molecule has 1 saturated heterocycles. The summed E-state index contributed by atoms with van der Waals surface area (Å²) in [7, 11) is -2.93. The van der Waals surface area contributed by atoms with Crippen molar-refractivity contribution in [2.75, 3.05) is 16.8 Å². The third-order valence-corrected chi connectivity index (χ3v) is 5.20. The summed E-state index contributed by atoms with van der Waals surface area (Å²) in [6, 6.07) is 5.72. The normalized spacial score (nSPS) is 18.1. The van der Waals surface area contributed by atoms with E-state index >= 15 is 0 Å². The van der Waals surface area contributed by atoms with E-state index in [1.54, 1.807) is 6.07 Å². The van der Waals surface area contributed by atoms with Crippen molar-refractivity contribution in [1.29, 1.82) is 0 Å². The summed E-state index contributed by atoms with van der Waals surface area (Å²) >= 11 is 0. The number of nitrogens with one attached hydrogen (secondary N) is 1. The number of nitro benzene ring substituents is 1. The first kappa shape index (κ1) is 15.4. The molecule has 1 aliphatic heterocycles. The molecule has 1 fully saturated rings. The second-order valence-electron chi connectivity index (χ2n) is 5.15. The Bertz CT molecular complexity index is 642. The van der Waals surface area contributed by atoms with Crippen LogP contribution in [-0.2, 0) is 14.6 Å². The van der Waals surface area contributed by atoms with Gasteiger partial charge in [0, 0.05) is 24.2 Å². The molecule has 2 rings (SSSR count). The molecule has 0 atom stereocenters. The van der Waals surface area contributed by atoms with E-state index in [1.165, 1.54) is 18.2 Å². The van der Waals surface area contributed by atoms with Crippen molar-refractivity contribution in [3.8, 4) is 0 Å². The molecule has 0 radical (unpaired) electrons. The molecule has 0 aliphatic carbocycles. The van der Waals surface area contributed by atoms with Crippen molar-refractivity contribution >= 4 is 27.1 Å². The Morgan fingerprint density at radius 1 is 1.33 bits per heavy atom. The van der Waals surface area contributed by atoms with Crippen LogP contribution in [0.2, 0.25) is 0 Å². The smallest absolute Gasteiger partial charge is 0.271 e. The highest BCUT2D eigenvalue weighted by Crippen LogP contribution is 2.23. The SMILES string of the molecule is O=C(CC1CCS(=O)(=O)CC1)Nc1cccc([N+](=O)[O-])c1. The van der Waals surface area contributed by atoms with Gasteiger partial charge in [-0.3, -0.25) is 14.9 Å². The van der Waals surface area contributed by atoms with Crippen molar-refractivity contribution < 1.29 is 18.1 Å². The quantitative estimate of drug-likeness (QED) is 0.673. The van der Waals surface area contributed by atoms with Crippen molar-refractivity contribution in [3.63, 3.8) is 0 Å². The molecule has 21 heavy (non-hydrogen) atoms. The zero-order chi connectivity index (χ0) is 15.5. The first-order chi connectivity index (χ1) is 9.85. The zero-order valence-electron chi connectivity index (χ0n) is 11.3. The number of nitro groups is 1. The Balaban J connectivity index is 1.90. The highest BCUT2D eigenvalue weighted by atomic mass is 32.2. The highest BCUT2D eigenvalue weighted by molar-refractivity contribution is 7.91. The van der Waals surface area contributed by atoms with Gasteiger partial charge in [0.25, 0.3) is 5.69 Å². The van der Waals surface area contributed by atoms with E-state index in [2.05, 4.69) is 5.32 Å². The van der Waals surface area contributed by atoms with Gasteiger partial charge >= 0.3 is 0 Å². The topological polar surface area (TPSA) is 106 Å². The number of carbonyl (C=O) groups is 1. The van der Waals surface area contributed by atoms with Crippen LogP contribution in [0.1, 0.15) is 19.3 Å². The van der Waals surface area contributed by atoms with Gasteiger partial charge in [0.2, 0.25) is 5.91 Å². The fraction of sp³-hybridized carbons (Fsp3) is 0.462. The number of hydrogen-bond acceptors (Lipinski definition) is 5. The molecule has 1 N–H and O–H groups in total. The number of anilines is 1. The Labute approximate surface area is 122 Å². The van der Waals surface area contributed by atoms with Crippen molar-refractivity contribution in [3.05, 3.63) is 34.4 Å². The van der Waals surface area contributed by atoms with Crippen LogP contribution < -0.4 is 5.32 Å². The second kappa shape index (κ2) is 6.21. The van der Waals surface area contributed by atoms with Crippen LogP contribution >= 0.6 is 0 Å². The van der Waals surface area contributed by atoms with E-state index in [4.69, 9.17) is 0 Å². The summed E-state index contributed by atoms with van der Waals surface area (Å²) in [6.45, 7) is 0. The van der Waals surface area contributed by atoms with Gasteiger partial charge in [0.05, 0.1) is 16.4 Å². The Hall–Kier alpha value is -1.96. The number of amides is 1. The number of nitrogens with zero attached hydrogens (tertiary/aromatic N) is 1. The van der Waals surface area contributed by atoms with Gasteiger partial charge in [0.1, 0.15) is 9.84 Å². The summed E-state index contributed by atoms with van der Waals surface area (Å²) in [4.78, 5) is 22.0. The van der Waals surface area contributed by atoms with Crippen molar-refractivity contribution in [2.45, 2.75) is 19.3 Å². The molecule has 114 valence electrons. The van der Waals surface area contributed by atoms with E-state index in [-0.39, 0.29) is 35.4 Å². The van der Waals surface area contributed by atoms with Crippen LogP contribution in [0.25, 0.3) is 0 Å². The van der Waals surface area contributed by atoms with E-state index in [0.29, 0.717) is 18.5 Å². The number of benzene rings is 1. The van der Waals surface area contributed by atoms with Crippen LogP contribution in [0.15, 0.2) is 24.3 Å². The Morgan fingerprint density at radius 3 is 2.62 bits per heavy atom. The highest BCUT2D eigenvalue weighted by Gasteiger charge is 2.25. The predicted molar refractivity (Wildman–Crippen MR) is 77.7 cm³/mol. The van der Waals surface area contributed by atoms with Crippen LogP contribution in [0.4, 0.5) is 11.4 Å². The number of carbonyl (C=O) groups excluding carboxylic acids is 1. The summed E-state index contributed by atoms with van der Waals surface area (Å²) < 4.78 is 22.6. The molecule has 0 unspecified atom stereocenters. The van der Waals surface area contributed by atoms with Crippen molar-refractivity contribution in [1.82, 2.24) is 0 Å². The molecule has 1 aliphatic rings. The number of rotatable bonds is 4. The maximum atomic E-state index is 11.9. The van der Waals surface area contributed by atoms with Gasteiger partial charge in [-0.25, -0.2) is 8.42 Å². The number of non-ortho nitro benzene ring substituents is 1. The molecule has 8 heteroatoms. The maximum absolute atomic E-state index is 11.9. The van der Waals surface area contributed by atoms with Gasteiger partial charge in [-0.15, -0.1) is 0 Å². The molecule has 1 amide bonds. The van der Waals surface area contributed by atoms with E-state index in [9.17, 15) is 23.3 Å².